The quantitative estimate of drug-likeness (QED) is 0.571. The van der Waals surface area contributed by atoms with E-state index in [9.17, 15) is 4.79 Å². The fourth-order valence-electron chi connectivity index (χ4n) is 2.68. The molecule has 0 radical (unpaired) electrons. The number of thioether (sulfide) groups is 1. The highest BCUT2D eigenvalue weighted by molar-refractivity contribution is 7.99. The molecule has 1 heterocycles. The van der Waals surface area contributed by atoms with Crippen molar-refractivity contribution in [2.75, 3.05) is 24.2 Å². The fourth-order valence-corrected chi connectivity index (χ4v) is 4.45. The van der Waals surface area contributed by atoms with Crippen molar-refractivity contribution in [3.8, 4) is 0 Å². The van der Waals surface area contributed by atoms with E-state index in [2.05, 4.69) is 10.2 Å². The number of anilines is 1. The van der Waals surface area contributed by atoms with Gasteiger partial charge in [0, 0.05) is 23.0 Å². The first-order valence-corrected chi connectivity index (χ1v) is 10.1. The number of nitrogens with zero attached hydrogens (tertiary/aromatic N) is 1. The van der Waals surface area contributed by atoms with Gasteiger partial charge in [0.05, 0.1) is 12.2 Å². The van der Waals surface area contributed by atoms with E-state index in [0.717, 1.165) is 23.0 Å². The van der Waals surface area contributed by atoms with Crippen molar-refractivity contribution in [2.24, 2.45) is 0 Å². The number of hydrogen-bond donors (Lipinski definition) is 1. The lowest BCUT2D eigenvalue weighted by atomic mass is 10.2. The molecule has 0 unspecified atom stereocenters. The third-order valence-electron chi connectivity index (χ3n) is 3.95. The van der Waals surface area contributed by atoms with E-state index in [1.54, 1.807) is 19.1 Å². The number of ether oxygens (including phenoxy) is 1. The molecule has 1 saturated heterocycles. The lowest BCUT2D eigenvalue weighted by Gasteiger charge is -2.27. The Kier molecular flexibility index (Phi) is 6.40. The standard InChI is InChI=1S/C19H19ClN2O2S2/c1-2-24-18(23)14-5-9-16(10-6-14)21-19(25)22-11-12-26-17(22)13-3-7-15(20)8-4-13/h3-10,17H,2,11-12H2,1H3,(H,21,25)/t17-/m0/s1. The van der Waals surface area contributed by atoms with E-state index in [4.69, 9.17) is 28.6 Å². The summed E-state index contributed by atoms with van der Waals surface area (Å²) in [7, 11) is 0. The third-order valence-corrected chi connectivity index (χ3v) is 5.80. The van der Waals surface area contributed by atoms with Crippen molar-refractivity contribution >= 4 is 52.3 Å². The van der Waals surface area contributed by atoms with Crippen LogP contribution in [-0.2, 0) is 4.74 Å². The molecule has 0 spiro atoms. The Morgan fingerprint density at radius 3 is 2.62 bits per heavy atom. The molecule has 0 aromatic heterocycles. The molecule has 26 heavy (non-hydrogen) atoms. The summed E-state index contributed by atoms with van der Waals surface area (Å²) in [6.07, 6.45) is 0. The van der Waals surface area contributed by atoms with Crippen LogP contribution >= 0.6 is 35.6 Å². The van der Waals surface area contributed by atoms with Crippen LogP contribution in [0.15, 0.2) is 48.5 Å². The van der Waals surface area contributed by atoms with Gasteiger partial charge in [-0.25, -0.2) is 4.79 Å². The molecule has 1 atom stereocenters. The van der Waals surface area contributed by atoms with Crippen LogP contribution in [0.3, 0.4) is 0 Å². The summed E-state index contributed by atoms with van der Waals surface area (Å²) in [5.41, 5.74) is 2.55. The highest BCUT2D eigenvalue weighted by Gasteiger charge is 2.28. The zero-order valence-electron chi connectivity index (χ0n) is 14.3. The fraction of sp³-hybridized carbons (Fsp3) is 0.263. The van der Waals surface area contributed by atoms with E-state index >= 15 is 0 Å². The van der Waals surface area contributed by atoms with Gasteiger partial charge in [-0.1, -0.05) is 23.7 Å². The van der Waals surface area contributed by atoms with Crippen molar-refractivity contribution in [1.82, 2.24) is 4.90 Å². The Morgan fingerprint density at radius 2 is 1.96 bits per heavy atom. The Bertz CT molecular complexity index is 781. The smallest absolute Gasteiger partial charge is 0.338 e. The van der Waals surface area contributed by atoms with Crippen LogP contribution in [0.2, 0.25) is 5.02 Å². The van der Waals surface area contributed by atoms with Crippen LogP contribution in [0.1, 0.15) is 28.2 Å². The Balaban J connectivity index is 1.67. The minimum absolute atomic E-state index is 0.172. The molecule has 2 aromatic carbocycles. The number of carbonyl (C=O) groups is 1. The Labute approximate surface area is 167 Å². The predicted molar refractivity (Wildman–Crippen MR) is 112 cm³/mol. The summed E-state index contributed by atoms with van der Waals surface area (Å²) in [6.45, 7) is 3.03. The summed E-state index contributed by atoms with van der Waals surface area (Å²) < 4.78 is 5.00. The molecule has 0 bridgehead atoms. The summed E-state index contributed by atoms with van der Waals surface area (Å²) in [5, 5.41) is 4.82. The van der Waals surface area contributed by atoms with Crippen molar-refractivity contribution in [3.05, 3.63) is 64.7 Å². The molecule has 3 rings (SSSR count). The van der Waals surface area contributed by atoms with Crippen LogP contribution in [0.5, 0.6) is 0 Å². The topological polar surface area (TPSA) is 41.6 Å². The van der Waals surface area contributed by atoms with Crippen molar-refractivity contribution in [1.29, 1.82) is 0 Å². The lowest BCUT2D eigenvalue weighted by Crippen LogP contribution is -2.34. The zero-order chi connectivity index (χ0) is 18.5. The average molecular weight is 407 g/mol. The number of nitrogens with one attached hydrogen (secondary N) is 1. The van der Waals surface area contributed by atoms with E-state index in [1.807, 2.05) is 48.2 Å². The molecule has 1 aliphatic heterocycles. The van der Waals surface area contributed by atoms with Gasteiger partial charge in [0.2, 0.25) is 0 Å². The largest absolute Gasteiger partial charge is 0.462 e. The number of rotatable bonds is 4. The molecule has 0 saturated carbocycles. The Morgan fingerprint density at radius 1 is 1.27 bits per heavy atom. The molecular formula is C19H19ClN2O2S2. The van der Waals surface area contributed by atoms with Crippen LogP contribution in [0, 0.1) is 0 Å². The van der Waals surface area contributed by atoms with E-state index < -0.39 is 0 Å². The molecule has 1 fully saturated rings. The van der Waals surface area contributed by atoms with Gasteiger partial charge in [-0.15, -0.1) is 11.8 Å². The predicted octanol–water partition coefficient (Wildman–Crippen LogP) is 4.96. The second kappa shape index (κ2) is 8.75. The minimum Gasteiger partial charge on any atom is -0.462 e. The van der Waals surface area contributed by atoms with Gasteiger partial charge in [0.25, 0.3) is 0 Å². The number of thiocarbonyl (C=S) groups is 1. The zero-order valence-corrected chi connectivity index (χ0v) is 16.7. The van der Waals surface area contributed by atoms with Gasteiger partial charge in [0.15, 0.2) is 5.11 Å². The number of carbonyl (C=O) groups excluding carboxylic acids is 1. The van der Waals surface area contributed by atoms with E-state index in [0.29, 0.717) is 17.3 Å². The summed E-state index contributed by atoms with van der Waals surface area (Å²) >= 11 is 13.5. The first-order chi connectivity index (χ1) is 12.6. The summed E-state index contributed by atoms with van der Waals surface area (Å²) in [4.78, 5) is 13.9. The normalized spacial score (nSPS) is 16.4. The summed E-state index contributed by atoms with van der Waals surface area (Å²) in [5.74, 6) is 0.692. The molecule has 0 amide bonds. The number of esters is 1. The highest BCUT2D eigenvalue weighted by Crippen LogP contribution is 2.38. The van der Waals surface area contributed by atoms with Crippen molar-refractivity contribution in [2.45, 2.75) is 12.3 Å². The van der Waals surface area contributed by atoms with Crippen LogP contribution in [0.4, 0.5) is 5.69 Å². The first kappa shape index (κ1) is 19.0. The third kappa shape index (κ3) is 4.50. The van der Waals surface area contributed by atoms with Crippen LogP contribution < -0.4 is 5.32 Å². The van der Waals surface area contributed by atoms with Gasteiger partial charge in [-0.2, -0.15) is 0 Å². The molecular weight excluding hydrogens is 388 g/mol. The second-order valence-electron chi connectivity index (χ2n) is 5.70. The molecule has 2 aromatic rings. The maximum Gasteiger partial charge on any atom is 0.338 e. The molecule has 1 N–H and O–H groups in total. The molecule has 136 valence electrons. The van der Waals surface area contributed by atoms with Crippen molar-refractivity contribution in [3.63, 3.8) is 0 Å². The molecule has 7 heteroatoms. The SMILES string of the molecule is CCOC(=O)c1ccc(NC(=S)N2CCS[C@H]2c2ccc(Cl)cc2)cc1. The van der Waals surface area contributed by atoms with Gasteiger partial charge in [-0.05, 0) is 61.1 Å². The number of halogens is 1. The van der Waals surface area contributed by atoms with Gasteiger partial charge < -0.3 is 15.0 Å². The van der Waals surface area contributed by atoms with Crippen molar-refractivity contribution < 1.29 is 9.53 Å². The first-order valence-electron chi connectivity index (χ1n) is 8.30. The lowest BCUT2D eigenvalue weighted by molar-refractivity contribution is 0.0526. The molecule has 0 aliphatic carbocycles. The average Bonchev–Trinajstić information content (AvgIpc) is 3.13. The number of hydrogen-bond acceptors (Lipinski definition) is 4. The summed E-state index contributed by atoms with van der Waals surface area (Å²) in [6, 6.07) is 15.0. The van der Waals surface area contributed by atoms with E-state index in [1.165, 1.54) is 5.56 Å². The molecule has 1 aliphatic rings. The Hall–Kier alpha value is -1.76. The maximum atomic E-state index is 11.7. The van der Waals surface area contributed by atoms with Crippen LogP contribution in [-0.4, -0.2) is 34.9 Å². The minimum atomic E-state index is -0.319. The van der Waals surface area contributed by atoms with Crippen LogP contribution in [0.25, 0.3) is 0 Å². The number of benzene rings is 2. The van der Waals surface area contributed by atoms with Gasteiger partial charge >= 0.3 is 5.97 Å². The van der Waals surface area contributed by atoms with Gasteiger partial charge in [0.1, 0.15) is 5.37 Å². The highest BCUT2D eigenvalue weighted by atomic mass is 35.5. The van der Waals surface area contributed by atoms with Gasteiger partial charge in [-0.3, -0.25) is 0 Å². The maximum absolute atomic E-state index is 11.7. The second-order valence-corrected chi connectivity index (χ2v) is 7.71. The monoisotopic (exact) mass is 406 g/mol. The van der Waals surface area contributed by atoms with E-state index in [-0.39, 0.29) is 11.3 Å². The molecule has 4 nitrogen and oxygen atoms in total.